The van der Waals surface area contributed by atoms with Crippen molar-refractivity contribution in [3.63, 3.8) is 0 Å². The minimum atomic E-state index is -0.201. The summed E-state index contributed by atoms with van der Waals surface area (Å²) in [6.07, 6.45) is 6.48. The third kappa shape index (κ3) is 3.50. The van der Waals surface area contributed by atoms with Crippen molar-refractivity contribution in [2.24, 2.45) is 0 Å². The van der Waals surface area contributed by atoms with E-state index in [1.54, 1.807) is 12.3 Å². The van der Waals surface area contributed by atoms with Crippen molar-refractivity contribution in [1.29, 1.82) is 0 Å². The van der Waals surface area contributed by atoms with Crippen LogP contribution in [0.15, 0.2) is 30.6 Å². The summed E-state index contributed by atoms with van der Waals surface area (Å²) in [6.45, 7) is 7.22. The van der Waals surface area contributed by atoms with E-state index in [1.165, 1.54) is 6.07 Å². The number of nitrogens with one attached hydrogen (secondary N) is 1. The number of rotatable bonds is 7. The number of imidazole rings is 1. The summed E-state index contributed by atoms with van der Waals surface area (Å²) in [4.78, 5) is 4.36. The second-order valence-corrected chi connectivity index (χ2v) is 5.32. The van der Waals surface area contributed by atoms with Gasteiger partial charge < -0.3 is 9.88 Å². The summed E-state index contributed by atoms with van der Waals surface area (Å²) < 4.78 is 16.3. The van der Waals surface area contributed by atoms with E-state index in [2.05, 4.69) is 31.1 Å². The lowest BCUT2D eigenvalue weighted by molar-refractivity contribution is 0.555. The Hall–Kier alpha value is -1.68. The monoisotopic (exact) mass is 289 g/mol. The lowest BCUT2D eigenvalue weighted by Gasteiger charge is -2.20. The smallest absolute Gasteiger partial charge is 0.147 e. The summed E-state index contributed by atoms with van der Waals surface area (Å²) in [5, 5.41) is 3.43. The molecule has 2 rings (SSSR count). The van der Waals surface area contributed by atoms with Crippen LogP contribution >= 0.6 is 0 Å². The maximum absolute atomic E-state index is 14.4. The first kappa shape index (κ1) is 15.7. The van der Waals surface area contributed by atoms with Crippen LogP contribution in [0.4, 0.5) is 4.39 Å². The molecule has 0 saturated heterocycles. The number of para-hydroxylation sites is 1. The number of nitrogens with zero attached hydrogens (tertiary/aromatic N) is 2. The topological polar surface area (TPSA) is 29.9 Å². The molecule has 0 spiro atoms. The van der Waals surface area contributed by atoms with Gasteiger partial charge in [-0.2, -0.15) is 0 Å². The van der Waals surface area contributed by atoms with Gasteiger partial charge in [-0.05, 0) is 37.9 Å². The Labute approximate surface area is 126 Å². The van der Waals surface area contributed by atoms with Crippen LogP contribution in [0.5, 0.6) is 0 Å². The number of aromatic nitrogens is 2. The van der Waals surface area contributed by atoms with Crippen LogP contribution in [0.25, 0.3) is 5.69 Å². The average molecular weight is 289 g/mol. The molecule has 1 heterocycles. The quantitative estimate of drug-likeness (QED) is 0.834. The number of hydrogen-bond donors (Lipinski definition) is 1. The Morgan fingerprint density at radius 3 is 2.81 bits per heavy atom. The fourth-order valence-electron chi connectivity index (χ4n) is 2.55. The van der Waals surface area contributed by atoms with Gasteiger partial charge in [0.2, 0.25) is 0 Å². The van der Waals surface area contributed by atoms with Crippen LogP contribution in [0.3, 0.4) is 0 Å². The molecule has 0 bridgehead atoms. The minimum absolute atomic E-state index is 0.104. The number of aryl methyl sites for hydroxylation is 1. The van der Waals surface area contributed by atoms with Crippen molar-refractivity contribution in [3.8, 4) is 5.69 Å². The molecule has 114 valence electrons. The number of hydrogen-bond acceptors (Lipinski definition) is 2. The van der Waals surface area contributed by atoms with E-state index in [0.29, 0.717) is 5.69 Å². The molecule has 21 heavy (non-hydrogen) atoms. The fraction of sp³-hybridized carbons (Fsp3) is 0.471. The summed E-state index contributed by atoms with van der Waals surface area (Å²) in [5.74, 6) is 0.708. The molecular weight excluding hydrogens is 265 g/mol. The highest BCUT2D eigenvalue weighted by Crippen LogP contribution is 2.26. The van der Waals surface area contributed by atoms with Crippen molar-refractivity contribution < 1.29 is 4.39 Å². The summed E-state index contributed by atoms with van der Waals surface area (Å²) >= 11 is 0. The van der Waals surface area contributed by atoms with Crippen molar-refractivity contribution in [2.75, 3.05) is 6.54 Å². The predicted molar refractivity (Wildman–Crippen MR) is 84.2 cm³/mol. The summed E-state index contributed by atoms with van der Waals surface area (Å²) in [5.41, 5.74) is 1.59. The lowest BCUT2D eigenvalue weighted by atomic mass is 10.0. The van der Waals surface area contributed by atoms with E-state index in [-0.39, 0.29) is 11.9 Å². The van der Waals surface area contributed by atoms with E-state index >= 15 is 0 Å². The lowest BCUT2D eigenvalue weighted by Crippen LogP contribution is -2.21. The van der Waals surface area contributed by atoms with Gasteiger partial charge in [0.1, 0.15) is 11.6 Å². The van der Waals surface area contributed by atoms with Crippen molar-refractivity contribution in [3.05, 3.63) is 47.8 Å². The molecule has 4 heteroatoms. The Balaban J connectivity index is 2.44. The molecule has 3 nitrogen and oxygen atoms in total. The molecule has 0 aliphatic heterocycles. The third-order valence-corrected chi connectivity index (χ3v) is 3.62. The maximum atomic E-state index is 14.4. The van der Waals surface area contributed by atoms with Gasteiger partial charge in [-0.3, -0.25) is 0 Å². The van der Waals surface area contributed by atoms with Crippen molar-refractivity contribution in [1.82, 2.24) is 14.9 Å². The number of benzene rings is 1. The van der Waals surface area contributed by atoms with Gasteiger partial charge in [0.15, 0.2) is 0 Å². The van der Waals surface area contributed by atoms with Gasteiger partial charge >= 0.3 is 0 Å². The molecule has 0 aliphatic carbocycles. The highest BCUT2D eigenvalue weighted by atomic mass is 19.1. The van der Waals surface area contributed by atoms with E-state index in [1.807, 2.05) is 16.8 Å². The molecule has 1 unspecified atom stereocenters. The minimum Gasteiger partial charge on any atom is -0.310 e. The molecule has 0 aliphatic rings. The Morgan fingerprint density at radius 2 is 2.10 bits per heavy atom. The van der Waals surface area contributed by atoms with Crippen LogP contribution in [0.1, 0.15) is 51.0 Å². The average Bonchev–Trinajstić information content (AvgIpc) is 2.93. The molecule has 1 N–H and O–H groups in total. The highest BCUT2D eigenvalue weighted by Gasteiger charge is 2.17. The second kappa shape index (κ2) is 7.36. The van der Waals surface area contributed by atoms with Gasteiger partial charge in [0.25, 0.3) is 0 Å². The first-order valence-electron chi connectivity index (χ1n) is 7.73. The van der Waals surface area contributed by atoms with Crippen LogP contribution in [0, 0.1) is 5.82 Å². The van der Waals surface area contributed by atoms with Crippen LogP contribution < -0.4 is 5.32 Å². The maximum Gasteiger partial charge on any atom is 0.147 e. The van der Waals surface area contributed by atoms with E-state index in [0.717, 1.165) is 37.2 Å². The molecular formula is C17H24FN3. The molecule has 0 radical (unpaired) electrons. The van der Waals surface area contributed by atoms with Crippen LogP contribution in [0.2, 0.25) is 0 Å². The Kier molecular flexibility index (Phi) is 5.51. The van der Waals surface area contributed by atoms with E-state index < -0.39 is 0 Å². The Morgan fingerprint density at radius 1 is 1.29 bits per heavy atom. The van der Waals surface area contributed by atoms with Crippen LogP contribution in [-0.2, 0) is 6.42 Å². The second-order valence-electron chi connectivity index (χ2n) is 5.32. The summed E-state index contributed by atoms with van der Waals surface area (Å²) in [6, 6.07) is 5.38. The van der Waals surface area contributed by atoms with E-state index in [4.69, 9.17) is 0 Å². The highest BCUT2D eigenvalue weighted by molar-refractivity contribution is 5.45. The molecule has 0 saturated carbocycles. The van der Waals surface area contributed by atoms with Gasteiger partial charge in [-0.1, -0.05) is 26.0 Å². The molecule has 1 atom stereocenters. The fourth-order valence-corrected chi connectivity index (χ4v) is 2.55. The van der Waals surface area contributed by atoms with Crippen LogP contribution in [-0.4, -0.2) is 16.1 Å². The predicted octanol–water partition coefficient (Wildman–Crippen LogP) is 4.02. The van der Waals surface area contributed by atoms with Gasteiger partial charge in [0.05, 0.1) is 5.69 Å². The third-order valence-electron chi connectivity index (χ3n) is 3.62. The normalized spacial score (nSPS) is 12.6. The first-order valence-corrected chi connectivity index (χ1v) is 7.73. The SMILES string of the molecule is CCCNC(C)c1cccc(F)c1-n1ccnc1CCC. The number of halogens is 1. The largest absolute Gasteiger partial charge is 0.310 e. The van der Waals surface area contributed by atoms with Gasteiger partial charge in [-0.25, -0.2) is 9.37 Å². The Bertz CT molecular complexity index is 577. The standard InChI is InChI=1S/C17H24FN3/c1-4-7-16-20-11-12-21(16)17-14(8-6-9-15(17)18)13(3)19-10-5-2/h6,8-9,11-13,19H,4-5,7,10H2,1-3H3. The zero-order valence-electron chi connectivity index (χ0n) is 13.1. The first-order chi connectivity index (χ1) is 10.2. The summed E-state index contributed by atoms with van der Waals surface area (Å²) in [7, 11) is 0. The van der Waals surface area contributed by atoms with Gasteiger partial charge in [-0.15, -0.1) is 0 Å². The molecule has 1 aromatic carbocycles. The van der Waals surface area contributed by atoms with Crippen molar-refractivity contribution in [2.45, 2.75) is 46.1 Å². The molecule has 0 fully saturated rings. The van der Waals surface area contributed by atoms with Crippen molar-refractivity contribution >= 4 is 0 Å². The zero-order chi connectivity index (χ0) is 15.2. The molecule has 1 aromatic heterocycles. The van der Waals surface area contributed by atoms with Gasteiger partial charge in [0, 0.05) is 24.9 Å². The molecule has 2 aromatic rings. The van der Waals surface area contributed by atoms with E-state index in [9.17, 15) is 4.39 Å². The molecule has 0 amide bonds. The zero-order valence-corrected chi connectivity index (χ0v) is 13.1.